The van der Waals surface area contributed by atoms with Crippen molar-refractivity contribution in [1.82, 2.24) is 15.2 Å². The van der Waals surface area contributed by atoms with Gasteiger partial charge in [0.2, 0.25) is 11.8 Å². The number of piperidine rings is 1. The molecule has 1 saturated heterocycles. The van der Waals surface area contributed by atoms with Gasteiger partial charge in [0.1, 0.15) is 11.7 Å². The number of hydrogen-bond acceptors (Lipinski definition) is 4. The molecule has 1 aliphatic carbocycles. The van der Waals surface area contributed by atoms with E-state index in [9.17, 15) is 19.2 Å². The first-order chi connectivity index (χ1) is 16.0. The first kappa shape index (κ1) is 19.7. The predicted molar refractivity (Wildman–Crippen MR) is 121 cm³/mol. The normalized spacial score (nSPS) is 20.2. The molecule has 8 heteroatoms. The van der Waals surface area contributed by atoms with Crippen molar-refractivity contribution < 1.29 is 19.2 Å². The highest BCUT2D eigenvalue weighted by Gasteiger charge is 2.39. The van der Waals surface area contributed by atoms with Gasteiger partial charge in [0.15, 0.2) is 0 Å². The van der Waals surface area contributed by atoms with E-state index in [1.807, 2.05) is 18.2 Å². The highest BCUT2D eigenvalue weighted by Crippen LogP contribution is 2.43. The first-order valence-corrected chi connectivity index (χ1v) is 11.2. The molecule has 2 aromatic carbocycles. The zero-order chi connectivity index (χ0) is 22.7. The van der Waals surface area contributed by atoms with E-state index in [-0.39, 0.29) is 30.7 Å². The number of hydrogen-bond donors (Lipinski definition) is 3. The van der Waals surface area contributed by atoms with Crippen LogP contribution in [0.4, 0.5) is 5.69 Å². The van der Waals surface area contributed by atoms with Crippen molar-refractivity contribution in [3.05, 3.63) is 64.8 Å². The maximum atomic E-state index is 12.9. The lowest BCUT2D eigenvalue weighted by atomic mass is 10.0. The summed E-state index contributed by atoms with van der Waals surface area (Å²) < 4.78 is 0. The van der Waals surface area contributed by atoms with Gasteiger partial charge in [-0.05, 0) is 66.6 Å². The van der Waals surface area contributed by atoms with Crippen molar-refractivity contribution in [2.45, 2.75) is 44.2 Å². The van der Waals surface area contributed by atoms with Gasteiger partial charge in [-0.3, -0.25) is 24.5 Å². The minimum atomic E-state index is -0.660. The fourth-order valence-electron chi connectivity index (χ4n) is 4.90. The molecule has 3 N–H and O–H groups in total. The van der Waals surface area contributed by atoms with E-state index in [2.05, 4.69) is 21.7 Å². The van der Waals surface area contributed by atoms with E-state index in [1.54, 1.807) is 18.2 Å². The molecular formula is C25H22N4O4. The molecule has 1 atom stereocenters. The number of nitrogens with zero attached hydrogens (tertiary/aromatic N) is 1. The van der Waals surface area contributed by atoms with E-state index < -0.39 is 11.9 Å². The van der Waals surface area contributed by atoms with Gasteiger partial charge in [0.25, 0.3) is 11.8 Å². The molecule has 0 bridgehead atoms. The van der Waals surface area contributed by atoms with Gasteiger partial charge < -0.3 is 15.2 Å². The Balaban J connectivity index is 1.21. The average molecular weight is 442 g/mol. The Kier molecular flexibility index (Phi) is 4.36. The molecule has 3 heterocycles. The number of H-pyrrole nitrogens is 1. The van der Waals surface area contributed by atoms with Gasteiger partial charge in [0, 0.05) is 35.1 Å². The molecule has 33 heavy (non-hydrogen) atoms. The van der Waals surface area contributed by atoms with Crippen molar-refractivity contribution in [2.24, 2.45) is 0 Å². The summed E-state index contributed by atoms with van der Waals surface area (Å²) in [6, 6.07) is 12.5. The van der Waals surface area contributed by atoms with Gasteiger partial charge in [0.05, 0.1) is 0 Å². The van der Waals surface area contributed by atoms with E-state index in [0.29, 0.717) is 29.3 Å². The maximum Gasteiger partial charge on any atom is 0.272 e. The third kappa shape index (κ3) is 3.38. The van der Waals surface area contributed by atoms with Crippen LogP contribution in [0.5, 0.6) is 0 Å². The Morgan fingerprint density at radius 2 is 1.88 bits per heavy atom. The van der Waals surface area contributed by atoms with Crippen LogP contribution in [-0.2, 0) is 16.1 Å². The first-order valence-electron chi connectivity index (χ1n) is 11.2. The molecule has 1 unspecified atom stereocenters. The zero-order valence-corrected chi connectivity index (χ0v) is 17.8. The van der Waals surface area contributed by atoms with Crippen LogP contribution in [-0.4, -0.2) is 39.6 Å². The van der Waals surface area contributed by atoms with Crippen molar-refractivity contribution >= 4 is 40.2 Å². The number of carbonyl (C=O) groups is 4. The van der Waals surface area contributed by atoms with Crippen LogP contribution in [0.1, 0.15) is 63.6 Å². The molecule has 166 valence electrons. The lowest BCUT2D eigenvalue weighted by Gasteiger charge is -2.29. The Bertz CT molecular complexity index is 1350. The van der Waals surface area contributed by atoms with Gasteiger partial charge in [-0.1, -0.05) is 12.1 Å². The molecule has 6 rings (SSSR count). The van der Waals surface area contributed by atoms with E-state index in [4.69, 9.17) is 0 Å². The Morgan fingerprint density at radius 3 is 2.67 bits per heavy atom. The minimum Gasteiger partial charge on any atom is -0.351 e. The molecule has 2 aliphatic heterocycles. The summed E-state index contributed by atoms with van der Waals surface area (Å²) >= 11 is 0. The predicted octanol–water partition coefficient (Wildman–Crippen LogP) is 3.06. The van der Waals surface area contributed by atoms with Gasteiger partial charge in [-0.15, -0.1) is 0 Å². The number of imide groups is 1. The third-order valence-electron chi connectivity index (χ3n) is 6.74. The largest absolute Gasteiger partial charge is 0.351 e. The molecular weight excluding hydrogens is 420 g/mol. The standard InChI is InChI=1S/C25H22N4O4/c30-22-9-8-21(24(32)28-22)29-12-14-10-15(6-7-17(14)25(29)33)26-23(31)20-11-18-16(13-4-5-13)2-1-3-19(18)27-20/h1-3,6-7,10-11,13,21,27H,4-5,8-9,12H2,(H,26,31)(H,28,30,32). The number of aromatic amines is 1. The number of fused-ring (bicyclic) bond motifs is 2. The molecule has 1 aromatic heterocycles. The van der Waals surface area contributed by atoms with Crippen LogP contribution >= 0.6 is 0 Å². The average Bonchev–Trinajstić information content (AvgIpc) is 3.46. The highest BCUT2D eigenvalue weighted by molar-refractivity contribution is 6.08. The quantitative estimate of drug-likeness (QED) is 0.539. The Labute approximate surface area is 189 Å². The summed E-state index contributed by atoms with van der Waals surface area (Å²) in [6.07, 6.45) is 2.91. The molecule has 0 radical (unpaired) electrons. The number of carbonyl (C=O) groups excluding carboxylic acids is 4. The summed E-state index contributed by atoms with van der Waals surface area (Å²) in [5.41, 5.74) is 4.56. The van der Waals surface area contributed by atoms with Crippen molar-refractivity contribution in [2.75, 3.05) is 5.32 Å². The van der Waals surface area contributed by atoms with E-state index in [1.165, 1.54) is 23.3 Å². The summed E-state index contributed by atoms with van der Waals surface area (Å²) in [5, 5.41) is 6.30. The smallest absolute Gasteiger partial charge is 0.272 e. The second-order valence-corrected chi connectivity index (χ2v) is 8.99. The van der Waals surface area contributed by atoms with Crippen LogP contribution in [0.15, 0.2) is 42.5 Å². The van der Waals surface area contributed by atoms with Gasteiger partial charge in [-0.25, -0.2) is 0 Å². The van der Waals surface area contributed by atoms with Crippen molar-refractivity contribution in [1.29, 1.82) is 0 Å². The fourth-order valence-corrected chi connectivity index (χ4v) is 4.90. The van der Waals surface area contributed by atoms with Gasteiger partial charge in [-0.2, -0.15) is 0 Å². The van der Waals surface area contributed by atoms with Crippen LogP contribution < -0.4 is 10.6 Å². The third-order valence-corrected chi connectivity index (χ3v) is 6.74. The molecule has 0 spiro atoms. The molecule has 1 saturated carbocycles. The number of amides is 4. The number of nitrogens with one attached hydrogen (secondary N) is 3. The number of aromatic nitrogens is 1. The number of anilines is 1. The lowest BCUT2D eigenvalue weighted by molar-refractivity contribution is -0.136. The molecule has 2 fully saturated rings. The molecule has 3 aromatic rings. The van der Waals surface area contributed by atoms with Crippen LogP contribution in [0.3, 0.4) is 0 Å². The SMILES string of the molecule is O=C1CCC(N2Cc3cc(NC(=O)c4cc5c(C6CC6)cccc5[nH]4)ccc3C2=O)C(=O)N1. The monoisotopic (exact) mass is 442 g/mol. The fraction of sp³-hybridized carbons (Fsp3) is 0.280. The summed E-state index contributed by atoms with van der Waals surface area (Å²) in [5.74, 6) is -0.654. The Hall–Kier alpha value is -3.94. The number of rotatable bonds is 4. The number of benzene rings is 2. The zero-order valence-electron chi connectivity index (χ0n) is 17.8. The minimum absolute atomic E-state index is 0.213. The van der Waals surface area contributed by atoms with Crippen molar-refractivity contribution in [3.63, 3.8) is 0 Å². The Morgan fingerprint density at radius 1 is 1.03 bits per heavy atom. The van der Waals surface area contributed by atoms with E-state index in [0.717, 1.165) is 16.5 Å². The summed E-state index contributed by atoms with van der Waals surface area (Å²) in [6.45, 7) is 0.265. The molecule has 8 nitrogen and oxygen atoms in total. The maximum absolute atomic E-state index is 12.9. The second-order valence-electron chi connectivity index (χ2n) is 8.99. The molecule has 3 aliphatic rings. The summed E-state index contributed by atoms with van der Waals surface area (Å²) in [4.78, 5) is 54.1. The van der Waals surface area contributed by atoms with Crippen LogP contribution in [0, 0.1) is 0 Å². The highest BCUT2D eigenvalue weighted by atomic mass is 16.2. The second kappa shape index (κ2) is 7.30. The van der Waals surface area contributed by atoms with Crippen LogP contribution in [0.25, 0.3) is 10.9 Å². The topological polar surface area (TPSA) is 111 Å². The molecule has 4 amide bonds. The van der Waals surface area contributed by atoms with Crippen molar-refractivity contribution in [3.8, 4) is 0 Å². The van der Waals surface area contributed by atoms with Gasteiger partial charge >= 0.3 is 0 Å². The van der Waals surface area contributed by atoms with Crippen LogP contribution in [0.2, 0.25) is 0 Å². The lowest BCUT2D eigenvalue weighted by Crippen LogP contribution is -2.52. The van der Waals surface area contributed by atoms with E-state index >= 15 is 0 Å². The summed E-state index contributed by atoms with van der Waals surface area (Å²) in [7, 11) is 0.